The van der Waals surface area contributed by atoms with Crippen LogP contribution in [0, 0.1) is 11.6 Å². The zero-order valence-corrected chi connectivity index (χ0v) is 11.8. The van der Waals surface area contributed by atoms with Gasteiger partial charge < -0.3 is 5.73 Å². The number of halogens is 2. The smallest absolute Gasteiger partial charge is 0.260 e. The molecule has 0 fully saturated rings. The number of benzene rings is 1. The predicted molar refractivity (Wildman–Crippen MR) is 76.4 cm³/mol. The molecule has 0 saturated carbocycles. The number of rotatable bonds is 2. The lowest BCUT2D eigenvalue weighted by Crippen LogP contribution is -2.27. The van der Waals surface area contributed by atoms with Gasteiger partial charge in [0, 0.05) is 10.9 Å². The second kappa shape index (κ2) is 5.50. The fourth-order valence-corrected chi connectivity index (χ4v) is 3.39. The summed E-state index contributed by atoms with van der Waals surface area (Å²) in [6.07, 6.45) is 2.37. The Morgan fingerprint density at radius 3 is 3.05 bits per heavy atom. The Bertz CT molecular complexity index is 702. The zero-order valence-electron chi connectivity index (χ0n) is 11.0. The average Bonchev–Trinajstić information content (AvgIpc) is 2.83. The van der Waals surface area contributed by atoms with E-state index in [-0.39, 0.29) is 11.6 Å². The Kier molecular flexibility index (Phi) is 3.69. The maximum atomic E-state index is 13.6. The van der Waals surface area contributed by atoms with E-state index in [1.54, 1.807) is 0 Å². The summed E-state index contributed by atoms with van der Waals surface area (Å²) in [7, 11) is 0. The topological polar surface area (TPSA) is 68.0 Å². The van der Waals surface area contributed by atoms with Crippen molar-refractivity contribution in [1.29, 1.82) is 0 Å². The van der Waals surface area contributed by atoms with Crippen molar-refractivity contribution in [1.82, 2.24) is 4.98 Å². The molecule has 0 spiro atoms. The van der Waals surface area contributed by atoms with Crippen molar-refractivity contribution in [3.63, 3.8) is 0 Å². The standard InChI is InChI=1S/C14H13F2N3OS/c15-9-3-1-2-8(12(9)16)13(20)19-14-18-10-5-4-7(17)6-11(10)21-14/h1-3,7H,4-6,17H2,(H,18,19,20)/t7-/m0/s1. The van der Waals surface area contributed by atoms with E-state index in [0.29, 0.717) is 5.13 Å². The minimum Gasteiger partial charge on any atom is -0.327 e. The van der Waals surface area contributed by atoms with Crippen LogP contribution in [0.4, 0.5) is 13.9 Å². The van der Waals surface area contributed by atoms with Gasteiger partial charge in [-0.3, -0.25) is 10.1 Å². The second-order valence-electron chi connectivity index (χ2n) is 4.95. The minimum absolute atomic E-state index is 0.113. The quantitative estimate of drug-likeness (QED) is 0.895. The lowest BCUT2D eigenvalue weighted by Gasteiger charge is -2.15. The van der Waals surface area contributed by atoms with Crippen LogP contribution in [-0.2, 0) is 12.8 Å². The number of amides is 1. The molecule has 3 N–H and O–H groups in total. The largest absolute Gasteiger partial charge is 0.327 e. The first kappa shape index (κ1) is 14.1. The van der Waals surface area contributed by atoms with Crippen LogP contribution in [-0.4, -0.2) is 16.9 Å². The van der Waals surface area contributed by atoms with E-state index in [9.17, 15) is 13.6 Å². The highest BCUT2D eigenvalue weighted by molar-refractivity contribution is 7.15. The maximum absolute atomic E-state index is 13.6. The molecule has 0 aliphatic heterocycles. The maximum Gasteiger partial charge on any atom is 0.260 e. The Balaban J connectivity index is 1.81. The molecule has 0 bridgehead atoms. The fraction of sp³-hybridized carbons (Fsp3) is 0.286. The number of nitrogens with one attached hydrogen (secondary N) is 1. The molecule has 1 aliphatic rings. The summed E-state index contributed by atoms with van der Waals surface area (Å²) in [5, 5.41) is 2.91. The van der Waals surface area contributed by atoms with Gasteiger partial charge in [0.15, 0.2) is 16.8 Å². The SMILES string of the molecule is N[C@H]1CCc2nc(NC(=O)c3cccc(F)c3F)sc2C1. The minimum atomic E-state index is -1.15. The van der Waals surface area contributed by atoms with Gasteiger partial charge in [-0.1, -0.05) is 6.07 Å². The Morgan fingerprint density at radius 1 is 1.43 bits per heavy atom. The van der Waals surface area contributed by atoms with Crippen molar-refractivity contribution in [2.45, 2.75) is 25.3 Å². The number of anilines is 1. The molecule has 1 aromatic heterocycles. The number of thiazole rings is 1. The fourth-order valence-electron chi connectivity index (χ4n) is 2.30. The molecule has 1 aliphatic carbocycles. The van der Waals surface area contributed by atoms with Crippen LogP contribution in [0.3, 0.4) is 0 Å². The highest BCUT2D eigenvalue weighted by Gasteiger charge is 2.22. The summed E-state index contributed by atoms with van der Waals surface area (Å²) in [5.41, 5.74) is 6.48. The number of hydrogen-bond donors (Lipinski definition) is 2. The molecule has 1 heterocycles. The number of hydrogen-bond acceptors (Lipinski definition) is 4. The summed E-state index contributed by atoms with van der Waals surface area (Å²) in [6, 6.07) is 3.61. The molecule has 3 rings (SSSR count). The summed E-state index contributed by atoms with van der Waals surface area (Å²) in [4.78, 5) is 17.4. The monoisotopic (exact) mass is 309 g/mol. The molecule has 21 heavy (non-hydrogen) atoms. The van der Waals surface area contributed by atoms with Crippen molar-refractivity contribution in [3.05, 3.63) is 46.0 Å². The third-order valence-corrected chi connectivity index (χ3v) is 4.43. The van der Waals surface area contributed by atoms with E-state index in [1.165, 1.54) is 23.5 Å². The number of fused-ring (bicyclic) bond motifs is 1. The van der Waals surface area contributed by atoms with Gasteiger partial charge >= 0.3 is 0 Å². The van der Waals surface area contributed by atoms with Gasteiger partial charge in [-0.2, -0.15) is 0 Å². The van der Waals surface area contributed by atoms with E-state index < -0.39 is 17.5 Å². The number of nitrogens with zero attached hydrogens (tertiary/aromatic N) is 1. The van der Waals surface area contributed by atoms with E-state index in [1.807, 2.05) is 0 Å². The summed E-state index contributed by atoms with van der Waals surface area (Å²) in [5.74, 6) is -2.91. The van der Waals surface area contributed by atoms with E-state index >= 15 is 0 Å². The molecule has 0 radical (unpaired) electrons. The molecule has 0 saturated heterocycles. The molecule has 7 heteroatoms. The molecule has 1 atom stereocenters. The van der Waals surface area contributed by atoms with E-state index in [2.05, 4.69) is 10.3 Å². The molecule has 4 nitrogen and oxygen atoms in total. The lowest BCUT2D eigenvalue weighted by atomic mass is 9.99. The van der Waals surface area contributed by atoms with Crippen LogP contribution < -0.4 is 11.1 Å². The lowest BCUT2D eigenvalue weighted by molar-refractivity contribution is 0.102. The third kappa shape index (κ3) is 2.79. The molecule has 1 aromatic carbocycles. The Hall–Kier alpha value is -1.86. The molecule has 110 valence electrons. The first-order valence-corrected chi connectivity index (χ1v) is 7.36. The van der Waals surface area contributed by atoms with Crippen LogP contribution in [0.5, 0.6) is 0 Å². The Morgan fingerprint density at radius 2 is 2.24 bits per heavy atom. The molecule has 1 amide bonds. The van der Waals surface area contributed by atoms with Gasteiger partial charge in [0.1, 0.15) is 0 Å². The van der Waals surface area contributed by atoms with Crippen molar-refractivity contribution in [2.75, 3.05) is 5.32 Å². The first-order valence-electron chi connectivity index (χ1n) is 6.54. The van der Waals surface area contributed by atoms with Crippen LogP contribution >= 0.6 is 11.3 Å². The highest BCUT2D eigenvalue weighted by Crippen LogP contribution is 2.29. The van der Waals surface area contributed by atoms with Crippen molar-refractivity contribution in [2.24, 2.45) is 5.73 Å². The molecular weight excluding hydrogens is 296 g/mol. The second-order valence-corrected chi connectivity index (χ2v) is 6.03. The van der Waals surface area contributed by atoms with Gasteiger partial charge in [-0.25, -0.2) is 13.8 Å². The normalized spacial score (nSPS) is 17.4. The van der Waals surface area contributed by atoms with Crippen LogP contribution in [0.2, 0.25) is 0 Å². The number of carbonyl (C=O) groups excluding carboxylic acids is 1. The average molecular weight is 309 g/mol. The van der Waals surface area contributed by atoms with Gasteiger partial charge in [-0.05, 0) is 31.4 Å². The number of aryl methyl sites for hydroxylation is 1. The number of nitrogens with two attached hydrogens (primary N) is 1. The molecular formula is C14H13F2N3OS. The number of aromatic nitrogens is 1. The highest BCUT2D eigenvalue weighted by atomic mass is 32.1. The predicted octanol–water partition coefficient (Wildman–Crippen LogP) is 2.49. The summed E-state index contributed by atoms with van der Waals surface area (Å²) < 4.78 is 26.7. The van der Waals surface area contributed by atoms with Crippen molar-refractivity contribution < 1.29 is 13.6 Å². The van der Waals surface area contributed by atoms with Gasteiger partial charge in [0.25, 0.3) is 5.91 Å². The van der Waals surface area contributed by atoms with Crippen LogP contribution in [0.15, 0.2) is 18.2 Å². The van der Waals surface area contributed by atoms with Crippen molar-refractivity contribution in [3.8, 4) is 0 Å². The van der Waals surface area contributed by atoms with Crippen LogP contribution in [0.25, 0.3) is 0 Å². The van der Waals surface area contributed by atoms with Gasteiger partial charge in [0.05, 0.1) is 11.3 Å². The van der Waals surface area contributed by atoms with Crippen molar-refractivity contribution >= 4 is 22.4 Å². The molecule has 2 aromatic rings. The van der Waals surface area contributed by atoms with Gasteiger partial charge in [0.2, 0.25) is 0 Å². The Labute approximate surface area is 124 Å². The third-order valence-electron chi connectivity index (χ3n) is 3.39. The molecule has 0 unspecified atom stereocenters. The summed E-state index contributed by atoms with van der Waals surface area (Å²) in [6.45, 7) is 0. The van der Waals surface area contributed by atoms with Gasteiger partial charge in [-0.15, -0.1) is 11.3 Å². The van der Waals surface area contributed by atoms with E-state index in [4.69, 9.17) is 5.73 Å². The first-order chi connectivity index (χ1) is 10.0. The number of carbonyl (C=O) groups is 1. The van der Waals surface area contributed by atoms with E-state index in [0.717, 1.165) is 35.9 Å². The zero-order chi connectivity index (χ0) is 15.0. The van der Waals surface area contributed by atoms with Crippen LogP contribution in [0.1, 0.15) is 27.3 Å². The summed E-state index contributed by atoms with van der Waals surface area (Å²) >= 11 is 1.33.